The van der Waals surface area contributed by atoms with Gasteiger partial charge in [0.1, 0.15) is 0 Å². The standard InChI is InChI=1S/C16H21F3N2O3/c1-3-15(24,4-2)10-21-13(22)9-20-14(23)11-7-5-6-8-12(11)16(17,18)19/h5-8,24H,3-4,9-10H2,1-2H3,(H,20,23)(H,21,22). The Morgan fingerprint density at radius 1 is 1.08 bits per heavy atom. The van der Waals surface area contributed by atoms with E-state index in [9.17, 15) is 27.9 Å². The molecule has 0 aliphatic rings. The van der Waals surface area contributed by atoms with E-state index in [2.05, 4.69) is 10.6 Å². The zero-order chi connectivity index (χ0) is 18.4. The number of carbonyl (C=O) groups excluding carboxylic acids is 2. The van der Waals surface area contributed by atoms with Crippen LogP contribution in [0.4, 0.5) is 13.2 Å². The van der Waals surface area contributed by atoms with Crippen molar-refractivity contribution >= 4 is 11.8 Å². The Morgan fingerprint density at radius 3 is 2.21 bits per heavy atom. The van der Waals surface area contributed by atoms with Crippen molar-refractivity contribution in [3.05, 3.63) is 35.4 Å². The smallest absolute Gasteiger partial charge is 0.388 e. The van der Waals surface area contributed by atoms with Gasteiger partial charge in [-0.1, -0.05) is 26.0 Å². The summed E-state index contributed by atoms with van der Waals surface area (Å²) in [6.07, 6.45) is -3.78. The molecule has 134 valence electrons. The molecule has 0 spiro atoms. The molecule has 3 N–H and O–H groups in total. The van der Waals surface area contributed by atoms with E-state index in [-0.39, 0.29) is 6.54 Å². The van der Waals surface area contributed by atoms with Crippen LogP contribution in [0.2, 0.25) is 0 Å². The number of hydrogen-bond acceptors (Lipinski definition) is 3. The second-order valence-corrected chi connectivity index (χ2v) is 5.43. The molecule has 0 radical (unpaired) electrons. The average Bonchev–Trinajstić information content (AvgIpc) is 2.56. The zero-order valence-corrected chi connectivity index (χ0v) is 13.5. The van der Waals surface area contributed by atoms with E-state index < -0.39 is 41.3 Å². The fraction of sp³-hybridized carbons (Fsp3) is 0.500. The van der Waals surface area contributed by atoms with Gasteiger partial charge in [0.25, 0.3) is 5.91 Å². The molecule has 1 aromatic rings. The molecule has 0 unspecified atom stereocenters. The van der Waals surface area contributed by atoms with Crippen LogP contribution in [0.3, 0.4) is 0 Å². The summed E-state index contributed by atoms with van der Waals surface area (Å²) in [5.74, 6) is -1.58. The van der Waals surface area contributed by atoms with Crippen LogP contribution < -0.4 is 10.6 Å². The summed E-state index contributed by atoms with van der Waals surface area (Å²) in [6, 6.07) is 4.34. The first-order valence-electron chi connectivity index (χ1n) is 7.56. The third-order valence-electron chi connectivity index (χ3n) is 3.82. The van der Waals surface area contributed by atoms with Gasteiger partial charge < -0.3 is 15.7 Å². The van der Waals surface area contributed by atoms with E-state index >= 15 is 0 Å². The van der Waals surface area contributed by atoms with E-state index in [0.717, 1.165) is 12.1 Å². The predicted molar refractivity (Wildman–Crippen MR) is 82.3 cm³/mol. The molecule has 5 nitrogen and oxygen atoms in total. The summed E-state index contributed by atoms with van der Waals surface area (Å²) >= 11 is 0. The van der Waals surface area contributed by atoms with E-state index in [1.165, 1.54) is 12.1 Å². The minimum absolute atomic E-state index is 0.00778. The number of rotatable bonds is 7. The van der Waals surface area contributed by atoms with Crippen molar-refractivity contribution in [2.24, 2.45) is 0 Å². The van der Waals surface area contributed by atoms with Gasteiger partial charge in [0, 0.05) is 6.54 Å². The number of amides is 2. The number of halogens is 3. The number of hydrogen-bond donors (Lipinski definition) is 3. The van der Waals surface area contributed by atoms with E-state index in [4.69, 9.17) is 0 Å². The first kappa shape index (κ1) is 20.0. The molecule has 0 aliphatic carbocycles. The van der Waals surface area contributed by atoms with Gasteiger partial charge >= 0.3 is 6.18 Å². The summed E-state index contributed by atoms with van der Waals surface area (Å²) in [4.78, 5) is 23.6. The van der Waals surface area contributed by atoms with Crippen molar-refractivity contribution in [1.82, 2.24) is 10.6 Å². The molecule has 1 rings (SSSR count). The second kappa shape index (κ2) is 8.14. The van der Waals surface area contributed by atoms with Crippen LogP contribution in [0, 0.1) is 0 Å². The van der Waals surface area contributed by atoms with E-state index in [1.54, 1.807) is 13.8 Å². The SMILES string of the molecule is CCC(O)(CC)CNC(=O)CNC(=O)c1ccccc1C(F)(F)F. The van der Waals surface area contributed by atoms with Crippen molar-refractivity contribution < 1.29 is 27.9 Å². The number of nitrogens with one attached hydrogen (secondary N) is 2. The van der Waals surface area contributed by atoms with E-state index in [0.29, 0.717) is 12.8 Å². The Hall–Kier alpha value is -2.09. The summed E-state index contributed by atoms with van der Waals surface area (Å²) in [6.45, 7) is 3.07. The van der Waals surface area contributed by atoms with Crippen LogP contribution in [-0.4, -0.2) is 35.6 Å². The first-order valence-corrected chi connectivity index (χ1v) is 7.56. The van der Waals surface area contributed by atoms with Gasteiger partial charge in [-0.3, -0.25) is 9.59 Å². The maximum atomic E-state index is 12.9. The van der Waals surface area contributed by atoms with Gasteiger partial charge in [0.2, 0.25) is 5.91 Å². The fourth-order valence-electron chi connectivity index (χ4n) is 2.01. The van der Waals surface area contributed by atoms with Crippen LogP contribution in [-0.2, 0) is 11.0 Å². The fourth-order valence-corrected chi connectivity index (χ4v) is 2.01. The monoisotopic (exact) mass is 346 g/mol. The Kier molecular flexibility index (Phi) is 6.77. The summed E-state index contributed by atoms with van der Waals surface area (Å²) in [5.41, 5.74) is -2.64. The molecule has 1 aromatic carbocycles. The molecule has 0 bridgehead atoms. The molecule has 0 heterocycles. The third-order valence-corrected chi connectivity index (χ3v) is 3.82. The van der Waals surface area contributed by atoms with Gasteiger partial charge in [0.05, 0.1) is 23.3 Å². The third kappa shape index (κ3) is 5.52. The van der Waals surface area contributed by atoms with Crippen LogP contribution >= 0.6 is 0 Å². The van der Waals surface area contributed by atoms with Crippen LogP contribution in [0.5, 0.6) is 0 Å². The quantitative estimate of drug-likeness (QED) is 0.707. The minimum atomic E-state index is -4.66. The van der Waals surface area contributed by atoms with Gasteiger partial charge in [0.15, 0.2) is 0 Å². The van der Waals surface area contributed by atoms with Crippen molar-refractivity contribution in [2.75, 3.05) is 13.1 Å². The molecule has 0 atom stereocenters. The lowest BCUT2D eigenvalue weighted by atomic mass is 9.98. The van der Waals surface area contributed by atoms with E-state index in [1.807, 2.05) is 0 Å². The molecule has 2 amide bonds. The normalized spacial score (nSPS) is 11.9. The predicted octanol–water partition coefficient (Wildman–Crippen LogP) is 2.10. The number of alkyl halides is 3. The topological polar surface area (TPSA) is 78.4 Å². The number of aliphatic hydroxyl groups is 1. The summed E-state index contributed by atoms with van der Waals surface area (Å²) < 4.78 is 38.6. The Labute approximate surface area is 138 Å². The molecular weight excluding hydrogens is 325 g/mol. The molecule has 8 heteroatoms. The zero-order valence-electron chi connectivity index (χ0n) is 13.5. The maximum absolute atomic E-state index is 12.9. The molecular formula is C16H21F3N2O3. The molecule has 0 saturated heterocycles. The van der Waals surface area contributed by atoms with Crippen LogP contribution in [0.15, 0.2) is 24.3 Å². The second-order valence-electron chi connectivity index (χ2n) is 5.43. The first-order chi connectivity index (χ1) is 11.1. The highest BCUT2D eigenvalue weighted by Gasteiger charge is 2.34. The highest BCUT2D eigenvalue weighted by molar-refractivity contribution is 5.97. The molecule has 0 aromatic heterocycles. The van der Waals surface area contributed by atoms with Gasteiger partial charge in [-0.25, -0.2) is 0 Å². The highest BCUT2D eigenvalue weighted by Crippen LogP contribution is 2.31. The lowest BCUT2D eigenvalue weighted by Crippen LogP contribution is -2.45. The molecule has 0 saturated carbocycles. The summed E-state index contributed by atoms with van der Waals surface area (Å²) in [7, 11) is 0. The number of carbonyl (C=O) groups is 2. The Morgan fingerprint density at radius 2 is 1.67 bits per heavy atom. The summed E-state index contributed by atoms with van der Waals surface area (Å²) in [5, 5.41) is 14.6. The van der Waals surface area contributed by atoms with Gasteiger partial charge in [-0.05, 0) is 25.0 Å². The average molecular weight is 346 g/mol. The van der Waals surface area contributed by atoms with Crippen LogP contribution in [0.1, 0.15) is 42.6 Å². The number of benzene rings is 1. The van der Waals surface area contributed by atoms with Crippen LogP contribution in [0.25, 0.3) is 0 Å². The lowest BCUT2D eigenvalue weighted by molar-refractivity contribution is -0.137. The van der Waals surface area contributed by atoms with Gasteiger partial charge in [-0.2, -0.15) is 13.2 Å². The maximum Gasteiger partial charge on any atom is 0.417 e. The Bertz CT molecular complexity index is 584. The van der Waals surface area contributed by atoms with Crippen molar-refractivity contribution in [3.63, 3.8) is 0 Å². The minimum Gasteiger partial charge on any atom is -0.388 e. The molecule has 24 heavy (non-hydrogen) atoms. The highest BCUT2D eigenvalue weighted by atomic mass is 19.4. The largest absolute Gasteiger partial charge is 0.417 e. The molecule has 0 fully saturated rings. The lowest BCUT2D eigenvalue weighted by Gasteiger charge is -2.25. The Balaban J connectivity index is 2.63. The van der Waals surface area contributed by atoms with Crippen molar-refractivity contribution in [3.8, 4) is 0 Å². The van der Waals surface area contributed by atoms with Gasteiger partial charge in [-0.15, -0.1) is 0 Å². The van der Waals surface area contributed by atoms with Crippen molar-refractivity contribution in [2.45, 2.75) is 38.5 Å². The molecule has 0 aliphatic heterocycles. The van der Waals surface area contributed by atoms with Crippen molar-refractivity contribution in [1.29, 1.82) is 0 Å².